The molecule has 3 nitrogen and oxygen atoms in total. The van der Waals surface area contributed by atoms with Crippen molar-refractivity contribution in [1.29, 1.82) is 0 Å². The highest BCUT2D eigenvalue weighted by Gasteiger charge is 2.19. The van der Waals surface area contributed by atoms with Gasteiger partial charge in [-0.1, -0.05) is 87.5 Å². The topological polar surface area (TPSA) is 38.3 Å². The van der Waals surface area contributed by atoms with Gasteiger partial charge in [-0.25, -0.2) is 0 Å². The van der Waals surface area contributed by atoms with Gasteiger partial charge in [0.2, 0.25) is 0 Å². The number of aryl methyl sites for hydroxylation is 1. The van der Waals surface area contributed by atoms with E-state index in [2.05, 4.69) is 45.1 Å². The van der Waals surface area contributed by atoms with Crippen LogP contribution in [-0.4, -0.2) is 12.5 Å². The van der Waals surface area contributed by atoms with Gasteiger partial charge in [0.25, 0.3) is 5.91 Å². The molecule has 0 aliphatic carbocycles. The molecule has 0 unspecified atom stereocenters. The second-order valence-electron chi connectivity index (χ2n) is 8.33. The fraction of sp³-hybridized carbons (Fsp3) is 0.269. The van der Waals surface area contributed by atoms with Crippen LogP contribution in [-0.2, 0) is 10.2 Å². The van der Waals surface area contributed by atoms with Gasteiger partial charge in [-0.3, -0.25) is 4.79 Å². The standard InChI is InChI=1S/C26H29NO2/c1-19-10-8-9-13-23(19)25(20-11-6-5-7-12-20)27-24(28)18-29-22-16-14-21(15-17-22)26(2,3)4/h5-17,25H,18H2,1-4H3,(H,27,28)/t25-/m0/s1. The minimum atomic E-state index is -0.211. The molecule has 3 heteroatoms. The summed E-state index contributed by atoms with van der Waals surface area (Å²) >= 11 is 0. The van der Waals surface area contributed by atoms with Gasteiger partial charge in [0.05, 0.1) is 6.04 Å². The van der Waals surface area contributed by atoms with Gasteiger partial charge in [-0.2, -0.15) is 0 Å². The van der Waals surface area contributed by atoms with Crippen LogP contribution in [0.2, 0.25) is 0 Å². The average molecular weight is 388 g/mol. The van der Waals surface area contributed by atoms with Crippen LogP contribution in [0, 0.1) is 6.92 Å². The molecular formula is C26H29NO2. The van der Waals surface area contributed by atoms with E-state index in [-0.39, 0.29) is 24.0 Å². The molecule has 0 bridgehead atoms. The molecule has 1 atom stereocenters. The lowest BCUT2D eigenvalue weighted by Gasteiger charge is -2.22. The highest BCUT2D eigenvalue weighted by atomic mass is 16.5. The molecule has 0 saturated carbocycles. The summed E-state index contributed by atoms with van der Waals surface area (Å²) < 4.78 is 5.73. The van der Waals surface area contributed by atoms with E-state index < -0.39 is 0 Å². The molecule has 3 rings (SSSR count). The molecule has 0 spiro atoms. The summed E-state index contributed by atoms with van der Waals surface area (Å²) in [6, 6.07) is 25.9. The van der Waals surface area contributed by atoms with Crippen molar-refractivity contribution in [3.05, 3.63) is 101 Å². The maximum atomic E-state index is 12.7. The van der Waals surface area contributed by atoms with Gasteiger partial charge in [-0.05, 0) is 46.7 Å². The Kier molecular flexibility index (Phi) is 6.38. The lowest BCUT2D eigenvalue weighted by molar-refractivity contribution is -0.123. The summed E-state index contributed by atoms with van der Waals surface area (Å²) in [7, 11) is 0. The SMILES string of the molecule is Cc1ccccc1[C@@H](NC(=O)COc1ccc(C(C)(C)C)cc1)c1ccccc1. The highest BCUT2D eigenvalue weighted by molar-refractivity contribution is 5.78. The van der Waals surface area contributed by atoms with Gasteiger partial charge in [-0.15, -0.1) is 0 Å². The molecule has 0 aliphatic rings. The number of ether oxygens (including phenoxy) is 1. The number of carbonyl (C=O) groups is 1. The number of nitrogens with one attached hydrogen (secondary N) is 1. The zero-order valence-corrected chi connectivity index (χ0v) is 17.6. The second-order valence-corrected chi connectivity index (χ2v) is 8.33. The number of benzene rings is 3. The summed E-state index contributed by atoms with van der Waals surface area (Å²) in [5.74, 6) is 0.544. The van der Waals surface area contributed by atoms with Crippen LogP contribution >= 0.6 is 0 Å². The average Bonchev–Trinajstić information content (AvgIpc) is 2.71. The summed E-state index contributed by atoms with van der Waals surface area (Å²) in [6.45, 7) is 8.55. The third-order valence-corrected chi connectivity index (χ3v) is 5.03. The van der Waals surface area contributed by atoms with Crippen LogP contribution in [0.5, 0.6) is 5.75 Å². The van der Waals surface area contributed by atoms with Crippen molar-refractivity contribution in [2.75, 3.05) is 6.61 Å². The molecule has 0 heterocycles. The van der Waals surface area contributed by atoms with Crippen molar-refractivity contribution >= 4 is 5.91 Å². The molecule has 0 fully saturated rings. The summed E-state index contributed by atoms with van der Waals surface area (Å²) in [6.07, 6.45) is 0. The van der Waals surface area contributed by atoms with Gasteiger partial charge in [0.15, 0.2) is 6.61 Å². The Bertz CT molecular complexity index is 940. The van der Waals surface area contributed by atoms with E-state index in [1.807, 2.05) is 66.7 Å². The molecule has 29 heavy (non-hydrogen) atoms. The monoisotopic (exact) mass is 387 g/mol. The first-order valence-electron chi connectivity index (χ1n) is 9.98. The molecule has 0 radical (unpaired) electrons. The Morgan fingerprint density at radius 2 is 1.52 bits per heavy atom. The minimum absolute atomic E-state index is 0.0237. The zero-order chi connectivity index (χ0) is 20.9. The summed E-state index contributed by atoms with van der Waals surface area (Å²) in [5.41, 5.74) is 4.59. The van der Waals surface area contributed by atoms with Crippen molar-refractivity contribution in [3.8, 4) is 5.75 Å². The predicted molar refractivity (Wildman–Crippen MR) is 118 cm³/mol. The van der Waals surface area contributed by atoms with Gasteiger partial charge in [0, 0.05) is 0 Å². The molecule has 3 aromatic carbocycles. The normalized spacial score (nSPS) is 12.3. The lowest BCUT2D eigenvalue weighted by atomic mass is 9.87. The van der Waals surface area contributed by atoms with Crippen LogP contribution in [0.25, 0.3) is 0 Å². The van der Waals surface area contributed by atoms with Crippen LogP contribution < -0.4 is 10.1 Å². The third-order valence-electron chi connectivity index (χ3n) is 5.03. The van der Waals surface area contributed by atoms with Crippen molar-refractivity contribution in [2.24, 2.45) is 0 Å². The van der Waals surface area contributed by atoms with E-state index in [0.29, 0.717) is 5.75 Å². The third kappa shape index (κ3) is 5.47. The van der Waals surface area contributed by atoms with Crippen molar-refractivity contribution in [3.63, 3.8) is 0 Å². The maximum Gasteiger partial charge on any atom is 0.258 e. The van der Waals surface area contributed by atoms with Crippen LogP contribution in [0.15, 0.2) is 78.9 Å². The first-order chi connectivity index (χ1) is 13.8. The van der Waals surface area contributed by atoms with E-state index in [1.165, 1.54) is 5.56 Å². The van der Waals surface area contributed by atoms with Crippen LogP contribution in [0.3, 0.4) is 0 Å². The Morgan fingerprint density at radius 3 is 2.14 bits per heavy atom. The number of carbonyl (C=O) groups excluding carboxylic acids is 1. The fourth-order valence-corrected chi connectivity index (χ4v) is 3.30. The number of amides is 1. The highest BCUT2D eigenvalue weighted by Crippen LogP contribution is 2.26. The van der Waals surface area contributed by atoms with Crippen LogP contribution in [0.1, 0.15) is 49.1 Å². The van der Waals surface area contributed by atoms with Crippen LogP contribution in [0.4, 0.5) is 0 Å². The van der Waals surface area contributed by atoms with E-state index in [9.17, 15) is 4.79 Å². The number of hydrogen-bond donors (Lipinski definition) is 1. The Labute approximate surface area is 173 Å². The zero-order valence-electron chi connectivity index (χ0n) is 17.6. The molecule has 0 saturated heterocycles. The quantitative estimate of drug-likeness (QED) is 0.600. The minimum Gasteiger partial charge on any atom is -0.484 e. The Hall–Kier alpha value is -3.07. The Balaban J connectivity index is 1.70. The van der Waals surface area contributed by atoms with E-state index >= 15 is 0 Å². The smallest absolute Gasteiger partial charge is 0.258 e. The summed E-state index contributed by atoms with van der Waals surface area (Å²) in [4.78, 5) is 12.7. The fourth-order valence-electron chi connectivity index (χ4n) is 3.30. The molecule has 0 aromatic heterocycles. The Morgan fingerprint density at radius 1 is 0.897 bits per heavy atom. The van der Waals surface area contributed by atoms with E-state index in [1.54, 1.807) is 0 Å². The number of rotatable bonds is 6. The molecule has 150 valence electrons. The van der Waals surface area contributed by atoms with Crippen molar-refractivity contribution in [2.45, 2.75) is 39.2 Å². The maximum absolute atomic E-state index is 12.7. The lowest BCUT2D eigenvalue weighted by Crippen LogP contribution is -2.33. The second kappa shape index (κ2) is 8.95. The largest absolute Gasteiger partial charge is 0.484 e. The van der Waals surface area contributed by atoms with Gasteiger partial charge >= 0.3 is 0 Å². The number of hydrogen-bond acceptors (Lipinski definition) is 2. The first kappa shape index (κ1) is 20.7. The summed E-state index contributed by atoms with van der Waals surface area (Å²) in [5, 5.41) is 3.13. The van der Waals surface area contributed by atoms with E-state index in [4.69, 9.17) is 4.74 Å². The molecule has 0 aliphatic heterocycles. The van der Waals surface area contributed by atoms with Crippen molar-refractivity contribution < 1.29 is 9.53 Å². The van der Waals surface area contributed by atoms with Crippen molar-refractivity contribution in [1.82, 2.24) is 5.32 Å². The predicted octanol–water partition coefficient (Wildman–Crippen LogP) is 5.58. The molecule has 1 N–H and O–H groups in total. The molecular weight excluding hydrogens is 358 g/mol. The van der Waals surface area contributed by atoms with Gasteiger partial charge < -0.3 is 10.1 Å². The van der Waals surface area contributed by atoms with Gasteiger partial charge in [0.1, 0.15) is 5.75 Å². The van der Waals surface area contributed by atoms with E-state index in [0.717, 1.165) is 16.7 Å². The first-order valence-corrected chi connectivity index (χ1v) is 9.98. The molecule has 3 aromatic rings. The molecule has 1 amide bonds.